The molecular weight excluding hydrogens is 1040 g/mol. The highest BCUT2D eigenvalue weighted by atomic mass is 16.5. The molecule has 2 aliphatic rings. The molecule has 4 aromatic heterocycles. The Hall–Kier alpha value is -8.96. The lowest BCUT2D eigenvalue weighted by Crippen LogP contribution is -2.06. The van der Waals surface area contributed by atoms with E-state index >= 15 is 0 Å². The number of rotatable bonds is 14. The number of hydrogen-bond donors (Lipinski definition) is 0. The van der Waals surface area contributed by atoms with Crippen LogP contribution < -0.4 is 14.2 Å². The molecule has 2 aliphatic carbocycles. The van der Waals surface area contributed by atoms with Crippen molar-refractivity contribution < 1.29 is 31.9 Å². The summed E-state index contributed by atoms with van der Waals surface area (Å²) in [5.74, 6) is 6.30. The van der Waals surface area contributed by atoms with Crippen molar-refractivity contribution in [1.82, 2.24) is 19.9 Å². The SMILES string of the molecule is CCOc1cc2nc(-c3ccc(-c4ccc(-c5nc6cc(C)c(C7CCCC7)cc6o5)cc4)cc3)oc2cc1C1CCCC1.Cc1cc2oc(-c3ccc(-c4ccc(-c5nc6cc(OC(C)C)c(C)cc6o5)cc4)cc3)nc2cc1OC(C)C. The van der Waals surface area contributed by atoms with Crippen LogP contribution in [0.5, 0.6) is 17.2 Å². The third-order valence-electron chi connectivity index (χ3n) is 16.5. The van der Waals surface area contributed by atoms with Crippen LogP contribution in [0.1, 0.15) is 126 Å². The molecule has 4 heterocycles. The third-order valence-corrected chi connectivity index (χ3v) is 16.5. The van der Waals surface area contributed by atoms with Gasteiger partial charge in [-0.05, 0) is 216 Å². The molecule has 0 saturated heterocycles. The number of ether oxygens (including phenoxy) is 3. The molecule has 0 radical (unpaired) electrons. The number of fused-ring (bicyclic) bond motifs is 4. The van der Waals surface area contributed by atoms with Gasteiger partial charge in [0.25, 0.3) is 0 Å². The second kappa shape index (κ2) is 23.0. The number of aromatic nitrogens is 4. The molecule has 0 amide bonds. The summed E-state index contributed by atoms with van der Waals surface area (Å²) in [4.78, 5) is 19.1. The molecule has 424 valence electrons. The van der Waals surface area contributed by atoms with Gasteiger partial charge in [-0.15, -0.1) is 0 Å². The summed E-state index contributed by atoms with van der Waals surface area (Å²) in [6, 6.07) is 49.8. The molecule has 12 aromatic rings. The zero-order chi connectivity index (χ0) is 57.6. The van der Waals surface area contributed by atoms with E-state index in [-0.39, 0.29) is 12.2 Å². The number of benzene rings is 8. The van der Waals surface area contributed by atoms with E-state index in [0.717, 1.165) is 117 Å². The largest absolute Gasteiger partial charge is 0.494 e. The highest BCUT2D eigenvalue weighted by Crippen LogP contribution is 2.43. The molecule has 0 spiro atoms. The van der Waals surface area contributed by atoms with Crippen molar-refractivity contribution in [2.24, 2.45) is 0 Å². The van der Waals surface area contributed by atoms with Crippen molar-refractivity contribution >= 4 is 44.4 Å². The smallest absolute Gasteiger partial charge is 0.227 e. The average Bonchev–Trinajstić information content (AvgIpc) is 3.77. The van der Waals surface area contributed by atoms with Crippen molar-refractivity contribution in [1.29, 1.82) is 0 Å². The normalized spacial score (nSPS) is 14.0. The lowest BCUT2D eigenvalue weighted by molar-refractivity contribution is 0.241. The van der Waals surface area contributed by atoms with Crippen LogP contribution in [0.25, 0.3) is 112 Å². The van der Waals surface area contributed by atoms with Crippen LogP contribution in [0.3, 0.4) is 0 Å². The van der Waals surface area contributed by atoms with E-state index in [2.05, 4.69) is 104 Å². The molecule has 0 aliphatic heterocycles. The van der Waals surface area contributed by atoms with E-state index in [4.69, 9.17) is 51.8 Å². The molecule has 0 unspecified atom stereocenters. The average molecular weight is 1120 g/mol. The van der Waals surface area contributed by atoms with E-state index in [1.165, 1.54) is 68.1 Å². The van der Waals surface area contributed by atoms with Gasteiger partial charge in [-0.1, -0.05) is 74.2 Å². The van der Waals surface area contributed by atoms with Crippen molar-refractivity contribution in [3.05, 3.63) is 173 Å². The molecule has 8 aromatic carbocycles. The quantitative estimate of drug-likeness (QED) is 0.103. The summed E-state index contributed by atoms with van der Waals surface area (Å²) in [6.45, 7) is 17.0. The fourth-order valence-electron chi connectivity index (χ4n) is 12.2. The highest BCUT2D eigenvalue weighted by Gasteiger charge is 2.25. The van der Waals surface area contributed by atoms with Gasteiger partial charge >= 0.3 is 0 Å². The number of oxazole rings is 4. The Morgan fingerprint density at radius 3 is 1.01 bits per heavy atom. The standard InChI is InChI=1S/C39H38N2O3.C34H32N2O4/c1-3-42-35-23-34-37(22-32(35)28-10-6-7-11-28)44-39(41-34)30-18-14-26(15-19-30)25-12-16-29(17-13-25)38-40-33-20-24(2)31(21-36(33)43-38)27-8-4-5-9-27;1-19(2)37-29-17-27-31(15-21(29)5)39-33(35-27)25-11-7-23(8-12-25)24-9-13-26(14-10-24)34-36-28-18-30(38-20(3)4)22(6)16-32(28)40-34/h12-23,27-28H,3-11H2,1-2H3;7-20H,1-6H3. The molecule has 2 fully saturated rings. The maximum Gasteiger partial charge on any atom is 0.227 e. The van der Waals surface area contributed by atoms with Crippen LogP contribution in [0.4, 0.5) is 0 Å². The Labute approximate surface area is 490 Å². The Morgan fingerprint density at radius 2 is 0.667 bits per heavy atom. The van der Waals surface area contributed by atoms with Crippen LogP contribution in [-0.2, 0) is 0 Å². The Kier molecular flexibility index (Phi) is 14.9. The zero-order valence-corrected chi connectivity index (χ0v) is 49.2. The molecule has 2 saturated carbocycles. The van der Waals surface area contributed by atoms with E-state index in [9.17, 15) is 0 Å². The summed E-state index contributed by atoms with van der Waals surface area (Å²) in [5.41, 5.74) is 20.9. The summed E-state index contributed by atoms with van der Waals surface area (Å²) >= 11 is 0. The molecule has 0 bridgehead atoms. The molecule has 0 N–H and O–H groups in total. The summed E-state index contributed by atoms with van der Waals surface area (Å²) in [6.07, 6.45) is 10.4. The summed E-state index contributed by atoms with van der Waals surface area (Å²) in [7, 11) is 0. The maximum atomic E-state index is 6.28. The van der Waals surface area contributed by atoms with E-state index in [0.29, 0.717) is 42.0 Å². The molecule has 14 rings (SSSR count). The minimum atomic E-state index is 0.0984. The summed E-state index contributed by atoms with van der Waals surface area (Å²) < 4.78 is 42.5. The van der Waals surface area contributed by atoms with Crippen molar-refractivity contribution in [2.45, 2.75) is 131 Å². The van der Waals surface area contributed by atoms with Crippen LogP contribution in [0.2, 0.25) is 0 Å². The second-order valence-corrected chi connectivity index (χ2v) is 23.3. The highest BCUT2D eigenvalue weighted by molar-refractivity contribution is 5.83. The van der Waals surface area contributed by atoms with E-state index in [1.54, 1.807) is 0 Å². The van der Waals surface area contributed by atoms with Crippen LogP contribution in [-0.4, -0.2) is 38.8 Å². The van der Waals surface area contributed by atoms with Crippen molar-refractivity contribution in [2.75, 3.05) is 6.61 Å². The number of aryl methyl sites for hydroxylation is 3. The molecule has 0 atom stereocenters. The van der Waals surface area contributed by atoms with E-state index in [1.807, 2.05) is 97.0 Å². The first-order chi connectivity index (χ1) is 40.9. The van der Waals surface area contributed by atoms with Crippen LogP contribution in [0.15, 0.2) is 163 Å². The van der Waals surface area contributed by atoms with Gasteiger partial charge in [0.2, 0.25) is 23.6 Å². The monoisotopic (exact) mass is 1110 g/mol. The Morgan fingerprint density at radius 1 is 0.369 bits per heavy atom. The molecule has 11 nitrogen and oxygen atoms in total. The van der Waals surface area contributed by atoms with Crippen LogP contribution in [0, 0.1) is 20.8 Å². The first kappa shape index (κ1) is 54.3. The number of nitrogens with zero attached hydrogens (tertiary/aromatic N) is 4. The minimum Gasteiger partial charge on any atom is -0.494 e. The number of hydrogen-bond acceptors (Lipinski definition) is 11. The lowest BCUT2D eigenvalue weighted by atomic mass is 9.93. The summed E-state index contributed by atoms with van der Waals surface area (Å²) in [5, 5.41) is 0. The predicted molar refractivity (Wildman–Crippen MR) is 335 cm³/mol. The van der Waals surface area contributed by atoms with Crippen molar-refractivity contribution in [3.63, 3.8) is 0 Å². The Bertz CT molecular complexity index is 4170. The Balaban J connectivity index is 0.000000158. The van der Waals surface area contributed by atoms with Crippen LogP contribution >= 0.6 is 0 Å². The van der Waals surface area contributed by atoms with Gasteiger partial charge in [0.05, 0.1) is 18.8 Å². The van der Waals surface area contributed by atoms with Gasteiger partial charge < -0.3 is 31.9 Å². The third kappa shape index (κ3) is 11.2. The topological polar surface area (TPSA) is 132 Å². The fraction of sp³-hybridized carbons (Fsp3) is 0.288. The lowest BCUT2D eigenvalue weighted by Gasteiger charge is -2.15. The first-order valence-electron chi connectivity index (χ1n) is 29.9. The van der Waals surface area contributed by atoms with Gasteiger partial charge in [-0.2, -0.15) is 0 Å². The second-order valence-electron chi connectivity index (χ2n) is 23.3. The van der Waals surface area contributed by atoms with Crippen molar-refractivity contribution in [3.8, 4) is 85.3 Å². The minimum absolute atomic E-state index is 0.0984. The molecule has 84 heavy (non-hydrogen) atoms. The van der Waals surface area contributed by atoms with Gasteiger partial charge in [0.15, 0.2) is 22.3 Å². The van der Waals surface area contributed by atoms with Gasteiger partial charge in [-0.25, -0.2) is 19.9 Å². The van der Waals surface area contributed by atoms with Gasteiger partial charge in [0.1, 0.15) is 39.3 Å². The fourth-order valence-corrected chi connectivity index (χ4v) is 12.2. The zero-order valence-electron chi connectivity index (χ0n) is 49.2. The van der Waals surface area contributed by atoms with Gasteiger partial charge in [0, 0.05) is 46.0 Å². The van der Waals surface area contributed by atoms with Gasteiger partial charge in [-0.3, -0.25) is 0 Å². The maximum absolute atomic E-state index is 6.28. The van der Waals surface area contributed by atoms with E-state index < -0.39 is 0 Å². The molecular formula is C73H70N4O7. The predicted octanol–water partition coefficient (Wildman–Crippen LogP) is 20.2. The first-order valence-corrected chi connectivity index (χ1v) is 29.9. The molecule has 11 heteroatoms.